The van der Waals surface area contributed by atoms with Crippen LogP contribution in [0.3, 0.4) is 0 Å². The Morgan fingerprint density at radius 3 is 2.88 bits per heavy atom. The van der Waals surface area contributed by atoms with Crippen LogP contribution in [0.15, 0.2) is 69.5 Å². The topological polar surface area (TPSA) is 84.9 Å². The minimum Gasteiger partial charge on any atom is -0.451 e. The number of nitrogens with one attached hydrogen (secondary N) is 1. The molecule has 7 nitrogen and oxygen atoms in total. The van der Waals surface area contributed by atoms with E-state index in [1.54, 1.807) is 6.33 Å². The average molecular weight is 358 g/mol. The summed E-state index contributed by atoms with van der Waals surface area (Å²) in [5.41, 5.74) is 4.18. The molecule has 0 fully saturated rings. The number of fused-ring (bicyclic) bond motifs is 6. The highest BCUT2D eigenvalue weighted by Crippen LogP contribution is 2.35. The van der Waals surface area contributed by atoms with Gasteiger partial charge in [0.1, 0.15) is 17.4 Å². The van der Waals surface area contributed by atoms with E-state index in [1.165, 1.54) is 11.8 Å². The highest BCUT2D eigenvalue weighted by atomic mass is 32.2. The molecule has 0 bridgehead atoms. The van der Waals surface area contributed by atoms with Crippen molar-refractivity contribution in [1.82, 2.24) is 29.5 Å². The predicted octanol–water partition coefficient (Wildman–Crippen LogP) is 4.05. The fourth-order valence-corrected chi connectivity index (χ4v) is 4.04. The molecule has 6 aromatic rings. The summed E-state index contributed by atoms with van der Waals surface area (Å²) in [4.78, 5) is 13.4. The molecule has 0 atom stereocenters. The van der Waals surface area contributed by atoms with Crippen LogP contribution in [0, 0.1) is 0 Å². The van der Waals surface area contributed by atoms with Crippen molar-refractivity contribution >= 4 is 50.6 Å². The molecule has 0 aliphatic carbocycles. The normalized spacial score (nSPS) is 12.0. The number of hydrogen-bond acceptors (Lipinski definition) is 6. The minimum absolute atomic E-state index is 0.666. The molecule has 6 rings (SSSR count). The fraction of sp³-hybridized carbons (Fsp3) is 0. The van der Waals surface area contributed by atoms with Crippen molar-refractivity contribution in [2.24, 2.45) is 0 Å². The van der Waals surface area contributed by atoms with Crippen molar-refractivity contribution in [3.63, 3.8) is 0 Å². The second kappa shape index (κ2) is 5.06. The summed E-state index contributed by atoms with van der Waals surface area (Å²) in [6.45, 7) is 0. The van der Waals surface area contributed by atoms with Crippen molar-refractivity contribution in [2.45, 2.75) is 10.2 Å². The van der Waals surface area contributed by atoms with Gasteiger partial charge in [0.05, 0.1) is 11.0 Å². The van der Waals surface area contributed by atoms with E-state index in [0.717, 1.165) is 37.7 Å². The molecular weight excluding hydrogens is 348 g/mol. The molecule has 0 aliphatic heterocycles. The van der Waals surface area contributed by atoms with Crippen LogP contribution < -0.4 is 0 Å². The maximum atomic E-state index is 6.00. The quantitative estimate of drug-likeness (QED) is 0.470. The van der Waals surface area contributed by atoms with Gasteiger partial charge in [0.15, 0.2) is 10.6 Å². The van der Waals surface area contributed by atoms with E-state index in [-0.39, 0.29) is 0 Å². The van der Waals surface area contributed by atoms with Crippen LogP contribution >= 0.6 is 11.8 Å². The Morgan fingerprint density at radius 1 is 1.00 bits per heavy atom. The molecule has 0 radical (unpaired) electrons. The van der Waals surface area contributed by atoms with Crippen LogP contribution in [0.2, 0.25) is 0 Å². The largest absolute Gasteiger partial charge is 0.451 e. The van der Waals surface area contributed by atoms with E-state index >= 15 is 0 Å². The van der Waals surface area contributed by atoms with Crippen LogP contribution in [0.4, 0.5) is 0 Å². The van der Waals surface area contributed by atoms with Gasteiger partial charge in [-0.1, -0.05) is 24.3 Å². The lowest BCUT2D eigenvalue weighted by molar-refractivity contribution is 0.653. The second-order valence-electron chi connectivity index (χ2n) is 5.82. The zero-order valence-corrected chi connectivity index (χ0v) is 14.1. The third kappa shape index (κ3) is 1.84. The van der Waals surface area contributed by atoms with Crippen molar-refractivity contribution < 1.29 is 4.42 Å². The number of nitrogens with zero attached hydrogens (tertiary/aromatic N) is 5. The summed E-state index contributed by atoms with van der Waals surface area (Å²) in [6.07, 6.45) is 1.56. The maximum Gasteiger partial charge on any atom is 0.231 e. The lowest BCUT2D eigenvalue weighted by atomic mass is 10.2. The highest BCUT2D eigenvalue weighted by molar-refractivity contribution is 7.99. The Morgan fingerprint density at radius 2 is 1.88 bits per heavy atom. The van der Waals surface area contributed by atoms with Gasteiger partial charge in [0, 0.05) is 5.39 Å². The van der Waals surface area contributed by atoms with Gasteiger partial charge in [-0.25, -0.2) is 20.1 Å². The first-order valence-electron chi connectivity index (χ1n) is 8.00. The SMILES string of the molecule is c1ccc2c(c1)nc1[nH]nc(Sc3ncnc4c3oc3ccccc34)n12. The van der Waals surface area contributed by atoms with E-state index in [2.05, 4.69) is 25.1 Å². The first-order valence-corrected chi connectivity index (χ1v) is 8.82. The van der Waals surface area contributed by atoms with Crippen molar-refractivity contribution in [1.29, 1.82) is 0 Å². The maximum absolute atomic E-state index is 6.00. The summed E-state index contributed by atoms with van der Waals surface area (Å²) >= 11 is 1.42. The number of aromatic amines is 1. The standard InChI is InChI=1S/C18H10N6OS/c1-4-8-13-10(5-1)14-15(25-13)16(20-9-19-14)26-18-23-22-17-21-11-6-2-3-7-12(11)24(17)18/h1-9H,(H,21,22). The monoisotopic (exact) mass is 358 g/mol. The highest BCUT2D eigenvalue weighted by Gasteiger charge is 2.18. The van der Waals surface area contributed by atoms with Gasteiger partial charge >= 0.3 is 0 Å². The molecule has 4 aromatic heterocycles. The van der Waals surface area contributed by atoms with Crippen molar-refractivity contribution in [2.75, 3.05) is 0 Å². The summed E-state index contributed by atoms with van der Waals surface area (Å²) < 4.78 is 7.99. The van der Waals surface area contributed by atoms with Gasteiger partial charge in [-0.2, -0.15) is 0 Å². The first kappa shape index (κ1) is 13.9. The fourth-order valence-electron chi connectivity index (χ4n) is 3.17. The van der Waals surface area contributed by atoms with Crippen LogP contribution in [0.5, 0.6) is 0 Å². The Labute approximate surface area is 150 Å². The number of benzene rings is 2. The Bertz CT molecular complexity index is 1430. The second-order valence-corrected chi connectivity index (χ2v) is 6.78. The third-order valence-corrected chi connectivity index (χ3v) is 5.26. The first-order chi connectivity index (χ1) is 12.9. The van der Waals surface area contributed by atoms with E-state index in [0.29, 0.717) is 11.4 Å². The molecule has 8 heteroatoms. The number of aromatic nitrogens is 6. The van der Waals surface area contributed by atoms with Gasteiger partial charge in [-0.05, 0) is 36.0 Å². The average Bonchev–Trinajstić information content (AvgIpc) is 3.34. The number of para-hydroxylation sites is 3. The van der Waals surface area contributed by atoms with Gasteiger partial charge < -0.3 is 4.42 Å². The van der Waals surface area contributed by atoms with E-state index in [1.807, 2.05) is 52.9 Å². The van der Waals surface area contributed by atoms with Crippen LogP contribution in [0.1, 0.15) is 0 Å². The molecule has 4 heterocycles. The van der Waals surface area contributed by atoms with Crippen LogP contribution in [-0.2, 0) is 0 Å². The molecule has 0 unspecified atom stereocenters. The zero-order valence-electron chi connectivity index (χ0n) is 13.2. The molecule has 2 aromatic carbocycles. The Hall–Kier alpha value is -3.39. The van der Waals surface area contributed by atoms with Gasteiger partial charge in [-0.15, -0.1) is 5.10 Å². The summed E-state index contributed by atoms with van der Waals surface area (Å²) in [7, 11) is 0. The zero-order chi connectivity index (χ0) is 17.1. The molecule has 0 saturated carbocycles. The summed E-state index contributed by atoms with van der Waals surface area (Å²) in [5.74, 6) is 0.698. The number of imidazole rings is 1. The molecule has 0 spiro atoms. The van der Waals surface area contributed by atoms with E-state index in [9.17, 15) is 0 Å². The summed E-state index contributed by atoms with van der Waals surface area (Å²) in [6, 6.07) is 15.8. The number of rotatable bonds is 2. The van der Waals surface area contributed by atoms with Gasteiger partial charge in [0.2, 0.25) is 10.9 Å². The predicted molar refractivity (Wildman–Crippen MR) is 98.3 cm³/mol. The van der Waals surface area contributed by atoms with Crippen molar-refractivity contribution in [3.05, 3.63) is 54.9 Å². The van der Waals surface area contributed by atoms with Gasteiger partial charge in [0.25, 0.3) is 0 Å². The van der Waals surface area contributed by atoms with E-state index in [4.69, 9.17) is 4.42 Å². The molecule has 26 heavy (non-hydrogen) atoms. The Balaban J connectivity index is 1.57. The smallest absolute Gasteiger partial charge is 0.231 e. The van der Waals surface area contributed by atoms with Crippen molar-refractivity contribution in [3.8, 4) is 0 Å². The number of hydrogen-bond donors (Lipinski definition) is 1. The molecule has 0 aliphatic rings. The number of furan rings is 1. The molecule has 0 amide bonds. The van der Waals surface area contributed by atoms with Crippen LogP contribution in [0.25, 0.3) is 38.9 Å². The lowest BCUT2D eigenvalue weighted by Crippen LogP contribution is -1.88. The van der Waals surface area contributed by atoms with Gasteiger partial charge in [-0.3, -0.25) is 4.40 Å². The molecule has 1 N–H and O–H groups in total. The molecular formula is C18H10N6OS. The third-order valence-electron chi connectivity index (χ3n) is 4.32. The molecule has 0 saturated heterocycles. The lowest BCUT2D eigenvalue weighted by Gasteiger charge is -1.99. The Kier molecular flexibility index (Phi) is 2.69. The number of H-pyrrole nitrogens is 1. The minimum atomic E-state index is 0.666. The van der Waals surface area contributed by atoms with E-state index < -0.39 is 0 Å². The molecule has 124 valence electrons. The summed E-state index contributed by atoms with van der Waals surface area (Å²) in [5, 5.41) is 9.82. The van der Waals surface area contributed by atoms with Crippen LogP contribution in [-0.4, -0.2) is 29.5 Å².